The van der Waals surface area contributed by atoms with E-state index in [0.717, 1.165) is 37.6 Å². The summed E-state index contributed by atoms with van der Waals surface area (Å²) in [4.78, 5) is 2.53. The van der Waals surface area contributed by atoms with Crippen LogP contribution in [0.3, 0.4) is 0 Å². The molecule has 0 saturated carbocycles. The van der Waals surface area contributed by atoms with E-state index in [2.05, 4.69) is 40.6 Å². The number of hydrogen-bond donors (Lipinski definition) is 1. The van der Waals surface area contributed by atoms with Crippen LogP contribution < -0.4 is 5.32 Å². The SMILES string of the molecule is Clc1ccc(C2=CCN(CCCCNCOCc3ccccc3)CC2)cc1. The molecule has 2 aromatic rings. The number of ether oxygens (including phenoxy) is 1. The number of rotatable bonds is 10. The molecule has 1 N–H and O–H groups in total. The van der Waals surface area contributed by atoms with Gasteiger partial charge < -0.3 is 4.74 Å². The lowest BCUT2D eigenvalue weighted by Crippen LogP contribution is -2.30. The molecule has 1 aliphatic heterocycles. The topological polar surface area (TPSA) is 24.5 Å². The van der Waals surface area contributed by atoms with Gasteiger partial charge in [-0.05, 0) is 61.2 Å². The van der Waals surface area contributed by atoms with Crippen molar-refractivity contribution in [3.05, 3.63) is 76.8 Å². The maximum Gasteiger partial charge on any atom is 0.0969 e. The van der Waals surface area contributed by atoms with Crippen molar-refractivity contribution in [2.45, 2.75) is 25.9 Å². The molecule has 144 valence electrons. The second kappa shape index (κ2) is 11.3. The number of hydrogen-bond acceptors (Lipinski definition) is 3. The Bertz CT molecular complexity index is 700. The van der Waals surface area contributed by atoms with Crippen LogP contribution in [0.25, 0.3) is 5.57 Å². The largest absolute Gasteiger partial charge is 0.362 e. The molecule has 0 unspecified atom stereocenters. The van der Waals surface area contributed by atoms with Crippen LogP contribution in [0.15, 0.2) is 60.7 Å². The Labute approximate surface area is 168 Å². The van der Waals surface area contributed by atoms with Crippen molar-refractivity contribution in [1.82, 2.24) is 10.2 Å². The highest BCUT2D eigenvalue weighted by molar-refractivity contribution is 6.30. The first kappa shape index (κ1) is 20.1. The van der Waals surface area contributed by atoms with E-state index >= 15 is 0 Å². The zero-order valence-electron chi connectivity index (χ0n) is 15.9. The van der Waals surface area contributed by atoms with Crippen LogP contribution in [-0.2, 0) is 11.3 Å². The van der Waals surface area contributed by atoms with Gasteiger partial charge in [-0.25, -0.2) is 0 Å². The molecule has 27 heavy (non-hydrogen) atoms. The maximum absolute atomic E-state index is 5.97. The Balaban J connectivity index is 1.23. The van der Waals surface area contributed by atoms with Gasteiger partial charge in [-0.2, -0.15) is 0 Å². The summed E-state index contributed by atoms with van der Waals surface area (Å²) in [6.45, 7) is 5.65. The molecule has 3 nitrogen and oxygen atoms in total. The maximum atomic E-state index is 5.97. The molecule has 0 atom stereocenters. The number of unbranched alkanes of at least 4 members (excludes halogenated alkanes) is 1. The molecule has 0 fully saturated rings. The van der Waals surface area contributed by atoms with Crippen LogP contribution >= 0.6 is 11.6 Å². The summed E-state index contributed by atoms with van der Waals surface area (Å²) in [7, 11) is 0. The first-order valence-electron chi connectivity index (χ1n) is 9.81. The molecule has 0 bridgehead atoms. The highest BCUT2D eigenvalue weighted by Gasteiger charge is 2.12. The van der Waals surface area contributed by atoms with Crippen molar-refractivity contribution >= 4 is 17.2 Å². The number of nitrogens with zero attached hydrogens (tertiary/aromatic N) is 1. The molecule has 0 radical (unpaired) electrons. The third-order valence-electron chi connectivity index (χ3n) is 4.90. The normalized spacial score (nSPS) is 14.9. The Morgan fingerprint density at radius 2 is 1.81 bits per heavy atom. The van der Waals surface area contributed by atoms with E-state index in [-0.39, 0.29) is 0 Å². The molecule has 0 aliphatic carbocycles. The van der Waals surface area contributed by atoms with Gasteiger partial charge in [-0.3, -0.25) is 10.2 Å². The minimum absolute atomic E-state index is 0.617. The van der Waals surface area contributed by atoms with Crippen molar-refractivity contribution in [3.63, 3.8) is 0 Å². The Morgan fingerprint density at radius 3 is 2.56 bits per heavy atom. The monoisotopic (exact) mass is 384 g/mol. The van der Waals surface area contributed by atoms with Gasteiger partial charge in [0.2, 0.25) is 0 Å². The minimum Gasteiger partial charge on any atom is -0.362 e. The Hall–Kier alpha value is -1.65. The summed E-state index contributed by atoms with van der Waals surface area (Å²) in [6.07, 6.45) is 5.88. The zero-order valence-corrected chi connectivity index (χ0v) is 16.6. The molecule has 1 aliphatic rings. The van der Waals surface area contributed by atoms with E-state index in [9.17, 15) is 0 Å². The van der Waals surface area contributed by atoms with Crippen LogP contribution in [0.5, 0.6) is 0 Å². The summed E-state index contributed by atoms with van der Waals surface area (Å²) in [5, 5.41) is 4.16. The number of nitrogens with one attached hydrogen (secondary N) is 1. The fourth-order valence-electron chi connectivity index (χ4n) is 3.31. The predicted molar refractivity (Wildman–Crippen MR) is 114 cm³/mol. The molecule has 0 saturated heterocycles. The molecular weight excluding hydrogens is 356 g/mol. The van der Waals surface area contributed by atoms with Crippen LogP contribution in [0.1, 0.15) is 30.4 Å². The van der Waals surface area contributed by atoms with Crippen molar-refractivity contribution in [2.24, 2.45) is 0 Å². The predicted octanol–water partition coefficient (Wildman–Crippen LogP) is 4.97. The molecule has 1 heterocycles. The molecule has 0 aromatic heterocycles. The first-order valence-corrected chi connectivity index (χ1v) is 10.2. The summed E-state index contributed by atoms with van der Waals surface area (Å²) in [5.74, 6) is 0. The average Bonchev–Trinajstić information content (AvgIpc) is 2.72. The van der Waals surface area contributed by atoms with Gasteiger partial charge >= 0.3 is 0 Å². The standard InChI is InChI=1S/C23H29ClN2O/c24-23-10-8-21(9-11-23)22-12-16-26(17-13-22)15-5-4-14-25-19-27-18-20-6-2-1-3-7-20/h1-3,6-12,25H,4-5,13-19H2. The Morgan fingerprint density at radius 1 is 1.00 bits per heavy atom. The van der Waals surface area contributed by atoms with Crippen molar-refractivity contribution < 1.29 is 4.74 Å². The van der Waals surface area contributed by atoms with Gasteiger partial charge in [0.05, 0.1) is 13.3 Å². The van der Waals surface area contributed by atoms with Crippen LogP contribution in [0.2, 0.25) is 5.02 Å². The van der Waals surface area contributed by atoms with Gasteiger partial charge in [-0.1, -0.05) is 60.1 Å². The van der Waals surface area contributed by atoms with E-state index < -0.39 is 0 Å². The first-order chi connectivity index (χ1) is 13.3. The van der Waals surface area contributed by atoms with Gasteiger partial charge in [0, 0.05) is 18.1 Å². The average molecular weight is 385 g/mol. The van der Waals surface area contributed by atoms with E-state index in [1.807, 2.05) is 30.3 Å². The highest BCUT2D eigenvalue weighted by atomic mass is 35.5. The molecule has 3 rings (SSSR count). The highest BCUT2D eigenvalue weighted by Crippen LogP contribution is 2.23. The second-order valence-corrected chi connectivity index (χ2v) is 7.41. The molecule has 4 heteroatoms. The summed E-state index contributed by atoms with van der Waals surface area (Å²) >= 11 is 5.97. The lowest BCUT2D eigenvalue weighted by atomic mass is 9.99. The molecule has 0 amide bonds. The number of benzene rings is 2. The smallest absolute Gasteiger partial charge is 0.0969 e. The molecule has 0 spiro atoms. The van der Waals surface area contributed by atoms with Gasteiger partial charge in [0.15, 0.2) is 0 Å². The van der Waals surface area contributed by atoms with Crippen molar-refractivity contribution in [2.75, 3.05) is 32.9 Å². The van der Waals surface area contributed by atoms with E-state index in [1.165, 1.54) is 29.5 Å². The Kier molecular flexibility index (Phi) is 8.37. The molecular formula is C23H29ClN2O. The fraction of sp³-hybridized carbons (Fsp3) is 0.391. The molecule has 2 aromatic carbocycles. The van der Waals surface area contributed by atoms with E-state index in [4.69, 9.17) is 16.3 Å². The van der Waals surface area contributed by atoms with Crippen molar-refractivity contribution in [3.8, 4) is 0 Å². The van der Waals surface area contributed by atoms with Gasteiger partial charge in [0.25, 0.3) is 0 Å². The van der Waals surface area contributed by atoms with E-state index in [0.29, 0.717) is 13.3 Å². The lowest BCUT2D eigenvalue weighted by molar-refractivity contribution is 0.103. The minimum atomic E-state index is 0.617. The summed E-state index contributed by atoms with van der Waals surface area (Å²) in [5.41, 5.74) is 3.97. The van der Waals surface area contributed by atoms with Crippen LogP contribution in [0.4, 0.5) is 0 Å². The van der Waals surface area contributed by atoms with Gasteiger partial charge in [0.1, 0.15) is 0 Å². The van der Waals surface area contributed by atoms with Crippen molar-refractivity contribution in [1.29, 1.82) is 0 Å². The second-order valence-electron chi connectivity index (χ2n) is 6.97. The summed E-state index contributed by atoms with van der Waals surface area (Å²) in [6, 6.07) is 18.5. The third kappa shape index (κ3) is 7.11. The number of halogens is 1. The summed E-state index contributed by atoms with van der Waals surface area (Å²) < 4.78 is 5.64. The quantitative estimate of drug-likeness (QED) is 0.462. The lowest BCUT2D eigenvalue weighted by Gasteiger charge is -2.26. The third-order valence-corrected chi connectivity index (χ3v) is 5.15. The van der Waals surface area contributed by atoms with Crippen LogP contribution in [0, 0.1) is 0 Å². The fourth-order valence-corrected chi connectivity index (χ4v) is 3.44. The van der Waals surface area contributed by atoms with Gasteiger partial charge in [-0.15, -0.1) is 0 Å². The zero-order chi connectivity index (χ0) is 18.7. The van der Waals surface area contributed by atoms with Crippen LogP contribution in [-0.4, -0.2) is 37.8 Å². The van der Waals surface area contributed by atoms with E-state index in [1.54, 1.807) is 0 Å².